The summed E-state index contributed by atoms with van der Waals surface area (Å²) in [5.74, 6) is 1.13. The van der Waals surface area contributed by atoms with Gasteiger partial charge in [0.2, 0.25) is 0 Å². The van der Waals surface area contributed by atoms with E-state index in [-0.39, 0.29) is 0 Å². The van der Waals surface area contributed by atoms with Gasteiger partial charge in [0.15, 0.2) is 11.6 Å². The first-order chi connectivity index (χ1) is 12.2. The first kappa shape index (κ1) is 20.4. The normalized spacial score (nSPS) is 10.1. The maximum atomic E-state index is 8.85. The Hall–Kier alpha value is -2.62. The number of nitriles is 2. The summed E-state index contributed by atoms with van der Waals surface area (Å²) in [4.78, 5) is 12.4. The summed E-state index contributed by atoms with van der Waals surface area (Å²) in [6.45, 7) is 3.17. The Kier molecular flexibility index (Phi) is 9.68. The minimum Gasteiger partial charge on any atom is -0.393 e. The largest absolute Gasteiger partial charge is 0.393 e. The summed E-state index contributed by atoms with van der Waals surface area (Å²) in [5, 5.41) is 17.7. The molecule has 1 aromatic rings. The number of ether oxygens (including phenoxy) is 2. The zero-order valence-corrected chi connectivity index (χ0v) is 14.8. The zero-order chi connectivity index (χ0) is 18.5. The molecule has 0 fully saturated rings. The quantitative estimate of drug-likeness (QED) is 0.584. The second kappa shape index (κ2) is 11.8. The maximum Gasteiger partial charge on any atom is 0.157 e. The van der Waals surface area contributed by atoms with E-state index in [1.54, 1.807) is 14.2 Å². The van der Waals surface area contributed by atoms with E-state index in [2.05, 4.69) is 22.1 Å². The summed E-state index contributed by atoms with van der Waals surface area (Å²) in [5.41, 5.74) is 6.74. The lowest BCUT2D eigenvalue weighted by Gasteiger charge is -2.28. The van der Waals surface area contributed by atoms with Gasteiger partial charge >= 0.3 is 0 Å². The van der Waals surface area contributed by atoms with Crippen molar-refractivity contribution >= 4 is 17.3 Å². The molecule has 25 heavy (non-hydrogen) atoms. The van der Waals surface area contributed by atoms with Crippen LogP contribution in [0.1, 0.15) is 12.8 Å². The molecular weight excluding hydrogens is 322 g/mol. The molecule has 0 atom stereocenters. The third kappa shape index (κ3) is 6.42. The average molecular weight is 347 g/mol. The van der Waals surface area contributed by atoms with Crippen molar-refractivity contribution in [3.8, 4) is 12.1 Å². The Morgan fingerprint density at radius 2 is 1.36 bits per heavy atom. The van der Waals surface area contributed by atoms with Crippen LogP contribution in [0.5, 0.6) is 0 Å². The van der Waals surface area contributed by atoms with E-state index in [4.69, 9.17) is 25.7 Å². The van der Waals surface area contributed by atoms with Crippen molar-refractivity contribution in [2.75, 3.05) is 69.1 Å². The fourth-order valence-corrected chi connectivity index (χ4v) is 2.30. The molecular formula is C16H25N7O2. The van der Waals surface area contributed by atoms with E-state index < -0.39 is 0 Å². The van der Waals surface area contributed by atoms with E-state index >= 15 is 0 Å². The van der Waals surface area contributed by atoms with E-state index in [1.165, 1.54) is 6.33 Å². The number of nitrogens with zero attached hydrogens (tertiary/aromatic N) is 6. The molecule has 136 valence electrons. The highest BCUT2D eigenvalue weighted by atomic mass is 16.5. The lowest BCUT2D eigenvalue weighted by atomic mass is 10.3. The van der Waals surface area contributed by atoms with Crippen molar-refractivity contribution in [1.29, 1.82) is 10.5 Å². The first-order valence-electron chi connectivity index (χ1n) is 8.01. The number of methoxy groups -OCH3 is 2. The van der Waals surface area contributed by atoms with Gasteiger partial charge in [0.05, 0.1) is 38.2 Å². The molecule has 1 aromatic heterocycles. The summed E-state index contributed by atoms with van der Waals surface area (Å²) in [7, 11) is 3.27. The molecule has 1 heterocycles. The maximum absolute atomic E-state index is 8.85. The van der Waals surface area contributed by atoms with Gasteiger partial charge < -0.3 is 25.0 Å². The number of hydrogen-bond donors (Lipinski definition) is 1. The molecule has 0 unspecified atom stereocenters. The second-order valence-corrected chi connectivity index (χ2v) is 5.21. The molecule has 0 amide bonds. The number of hydrogen-bond acceptors (Lipinski definition) is 9. The topological polar surface area (TPSA) is 124 Å². The molecule has 0 aliphatic carbocycles. The number of anilines is 3. The van der Waals surface area contributed by atoms with E-state index in [9.17, 15) is 0 Å². The fraction of sp³-hybridized carbons (Fsp3) is 0.625. The van der Waals surface area contributed by atoms with Gasteiger partial charge in [-0.25, -0.2) is 9.97 Å². The highest BCUT2D eigenvalue weighted by Gasteiger charge is 2.19. The zero-order valence-electron chi connectivity index (χ0n) is 14.8. The van der Waals surface area contributed by atoms with Crippen LogP contribution in [0.15, 0.2) is 6.33 Å². The van der Waals surface area contributed by atoms with Crippen LogP contribution in [-0.2, 0) is 9.47 Å². The molecule has 2 N–H and O–H groups in total. The van der Waals surface area contributed by atoms with Gasteiger partial charge in [0.25, 0.3) is 0 Å². The Labute approximate surface area is 148 Å². The molecule has 1 rings (SSSR count). The standard InChI is InChI=1S/C16H25N7O2/c1-24-11-9-23(10-12-25-2)16-14(19)15(20-13-21-16)22(7-3-5-17)8-4-6-18/h13H,3-4,7-12,19H2,1-2H3. The van der Waals surface area contributed by atoms with Gasteiger partial charge in [0.1, 0.15) is 12.0 Å². The molecule has 0 saturated carbocycles. The minimum atomic E-state index is 0.321. The predicted molar refractivity (Wildman–Crippen MR) is 95.1 cm³/mol. The van der Waals surface area contributed by atoms with Gasteiger partial charge in [-0.2, -0.15) is 10.5 Å². The van der Waals surface area contributed by atoms with Crippen LogP contribution in [0.3, 0.4) is 0 Å². The molecule has 0 aliphatic heterocycles. The lowest BCUT2D eigenvalue weighted by molar-refractivity contribution is 0.190. The van der Waals surface area contributed by atoms with Crippen molar-refractivity contribution < 1.29 is 9.47 Å². The average Bonchev–Trinajstić information content (AvgIpc) is 2.63. The van der Waals surface area contributed by atoms with Crippen LogP contribution in [0.2, 0.25) is 0 Å². The SMILES string of the molecule is COCCN(CCOC)c1ncnc(N(CCC#N)CCC#N)c1N. The van der Waals surface area contributed by atoms with Crippen molar-refractivity contribution in [1.82, 2.24) is 9.97 Å². The van der Waals surface area contributed by atoms with Gasteiger partial charge in [-0.1, -0.05) is 0 Å². The number of nitrogens with two attached hydrogens (primary N) is 1. The Bertz CT molecular complexity index is 571. The summed E-state index contributed by atoms with van der Waals surface area (Å²) < 4.78 is 10.3. The smallest absolute Gasteiger partial charge is 0.157 e. The molecule has 0 radical (unpaired) electrons. The number of rotatable bonds is 12. The van der Waals surface area contributed by atoms with Crippen molar-refractivity contribution in [3.05, 3.63) is 6.33 Å². The highest BCUT2D eigenvalue weighted by Crippen LogP contribution is 2.29. The van der Waals surface area contributed by atoms with Crippen molar-refractivity contribution in [2.24, 2.45) is 0 Å². The summed E-state index contributed by atoms with van der Waals surface area (Å²) >= 11 is 0. The molecule has 9 nitrogen and oxygen atoms in total. The van der Waals surface area contributed by atoms with Crippen molar-refractivity contribution in [2.45, 2.75) is 12.8 Å². The van der Waals surface area contributed by atoms with Crippen molar-refractivity contribution in [3.63, 3.8) is 0 Å². The number of aromatic nitrogens is 2. The fourth-order valence-electron chi connectivity index (χ4n) is 2.30. The van der Waals surface area contributed by atoms with E-state index in [0.29, 0.717) is 69.6 Å². The van der Waals surface area contributed by atoms with Gasteiger partial charge in [-0.15, -0.1) is 0 Å². The van der Waals surface area contributed by atoms with Gasteiger partial charge in [-0.3, -0.25) is 0 Å². The summed E-state index contributed by atoms with van der Waals surface area (Å²) in [6.07, 6.45) is 2.09. The third-order valence-electron chi connectivity index (χ3n) is 3.56. The predicted octanol–water partition coefficient (Wildman–Crippen LogP) is 0.792. The Morgan fingerprint density at radius 1 is 0.920 bits per heavy atom. The van der Waals surface area contributed by atoms with Crippen LogP contribution in [-0.4, -0.2) is 63.6 Å². The summed E-state index contributed by atoms with van der Waals surface area (Å²) in [6, 6.07) is 4.21. The van der Waals surface area contributed by atoms with Crippen LogP contribution >= 0.6 is 0 Å². The molecule has 0 saturated heterocycles. The molecule has 0 aliphatic rings. The van der Waals surface area contributed by atoms with Crippen LogP contribution in [0.4, 0.5) is 17.3 Å². The van der Waals surface area contributed by atoms with Gasteiger partial charge in [-0.05, 0) is 0 Å². The van der Waals surface area contributed by atoms with E-state index in [0.717, 1.165) is 0 Å². The first-order valence-corrected chi connectivity index (χ1v) is 8.01. The van der Waals surface area contributed by atoms with Crippen LogP contribution in [0, 0.1) is 22.7 Å². The third-order valence-corrected chi connectivity index (χ3v) is 3.56. The highest BCUT2D eigenvalue weighted by molar-refractivity contribution is 5.75. The van der Waals surface area contributed by atoms with Crippen LogP contribution < -0.4 is 15.5 Å². The molecule has 9 heteroatoms. The minimum absolute atomic E-state index is 0.321. The Morgan fingerprint density at radius 3 is 1.76 bits per heavy atom. The molecule has 0 bridgehead atoms. The lowest BCUT2D eigenvalue weighted by Crippen LogP contribution is -2.33. The Balaban J connectivity index is 3.10. The second-order valence-electron chi connectivity index (χ2n) is 5.21. The monoisotopic (exact) mass is 347 g/mol. The molecule has 0 aromatic carbocycles. The molecule has 0 spiro atoms. The van der Waals surface area contributed by atoms with E-state index in [1.807, 2.05) is 9.80 Å². The van der Waals surface area contributed by atoms with Crippen LogP contribution in [0.25, 0.3) is 0 Å². The number of nitrogen functional groups attached to an aromatic ring is 1. The van der Waals surface area contributed by atoms with Gasteiger partial charge in [0, 0.05) is 40.4 Å².